The van der Waals surface area contributed by atoms with Crippen LogP contribution >= 0.6 is 22.9 Å². The van der Waals surface area contributed by atoms with Crippen LogP contribution in [0.3, 0.4) is 0 Å². The molecule has 0 aliphatic rings. The minimum absolute atomic E-state index is 0.123. The van der Waals surface area contributed by atoms with Crippen molar-refractivity contribution in [2.45, 2.75) is 0 Å². The molecule has 0 radical (unpaired) electrons. The van der Waals surface area contributed by atoms with Crippen molar-refractivity contribution in [1.82, 2.24) is 0 Å². The van der Waals surface area contributed by atoms with E-state index in [0.29, 0.717) is 27.3 Å². The van der Waals surface area contributed by atoms with Crippen molar-refractivity contribution in [2.24, 2.45) is 0 Å². The first-order chi connectivity index (χ1) is 15.0. The summed E-state index contributed by atoms with van der Waals surface area (Å²) in [6.07, 6.45) is 0. The van der Waals surface area contributed by atoms with Crippen LogP contribution in [0.4, 0.5) is 10.1 Å². The summed E-state index contributed by atoms with van der Waals surface area (Å²) in [4.78, 5) is 24.6. The Morgan fingerprint density at radius 3 is 2.42 bits per heavy atom. The molecule has 8 heteroatoms. The number of rotatable bonds is 6. The smallest absolute Gasteiger partial charge is 0.350 e. The van der Waals surface area contributed by atoms with E-state index in [1.54, 1.807) is 24.3 Å². The highest BCUT2D eigenvalue weighted by molar-refractivity contribution is 7.21. The molecule has 1 aromatic heterocycles. The number of halogens is 2. The normalized spacial score (nSPS) is 10.6. The van der Waals surface area contributed by atoms with Crippen LogP contribution in [-0.4, -0.2) is 18.5 Å². The number of carbonyl (C=O) groups excluding carboxylic acids is 2. The number of ether oxygens (including phenoxy) is 2. The van der Waals surface area contributed by atoms with E-state index in [0.717, 1.165) is 11.3 Å². The molecule has 0 unspecified atom stereocenters. The number of hydrogen-bond donors (Lipinski definition) is 1. The fraction of sp³-hybridized carbons (Fsp3) is 0.0435. The number of para-hydroxylation sites is 1. The predicted octanol–water partition coefficient (Wildman–Crippen LogP) is 6.28. The van der Waals surface area contributed by atoms with Crippen LogP contribution in [0.2, 0.25) is 5.02 Å². The van der Waals surface area contributed by atoms with Crippen molar-refractivity contribution in [3.63, 3.8) is 0 Å². The van der Waals surface area contributed by atoms with Crippen LogP contribution in [-0.2, 0) is 9.53 Å². The van der Waals surface area contributed by atoms with Crippen LogP contribution in [0, 0.1) is 5.82 Å². The number of nitrogens with one attached hydrogen (secondary N) is 1. The van der Waals surface area contributed by atoms with Gasteiger partial charge in [0.15, 0.2) is 6.61 Å². The molecule has 4 aromatic rings. The van der Waals surface area contributed by atoms with Crippen molar-refractivity contribution in [3.05, 3.63) is 88.5 Å². The summed E-state index contributed by atoms with van der Waals surface area (Å²) in [6, 6.07) is 20.1. The van der Waals surface area contributed by atoms with Gasteiger partial charge in [-0.2, -0.15) is 0 Å². The molecule has 0 aliphatic carbocycles. The summed E-state index contributed by atoms with van der Waals surface area (Å²) >= 11 is 7.21. The summed E-state index contributed by atoms with van der Waals surface area (Å²) in [6.45, 7) is -0.486. The average molecular weight is 456 g/mol. The van der Waals surface area contributed by atoms with Crippen LogP contribution in [0.25, 0.3) is 10.1 Å². The number of carbonyl (C=O) groups is 2. The number of hydrogen-bond acceptors (Lipinski definition) is 5. The highest BCUT2D eigenvalue weighted by Gasteiger charge is 2.20. The molecule has 0 bridgehead atoms. The molecule has 0 fully saturated rings. The highest BCUT2D eigenvalue weighted by Crippen LogP contribution is 2.36. The molecular formula is C23H15ClFNO4S. The van der Waals surface area contributed by atoms with E-state index in [2.05, 4.69) is 5.32 Å². The quantitative estimate of drug-likeness (QED) is 0.347. The topological polar surface area (TPSA) is 64.6 Å². The van der Waals surface area contributed by atoms with Gasteiger partial charge in [0.1, 0.15) is 22.2 Å². The van der Waals surface area contributed by atoms with Crippen molar-refractivity contribution < 1.29 is 23.5 Å². The van der Waals surface area contributed by atoms with Crippen molar-refractivity contribution >= 4 is 50.6 Å². The minimum atomic E-state index is -0.742. The van der Waals surface area contributed by atoms with Gasteiger partial charge in [-0.3, -0.25) is 4.79 Å². The summed E-state index contributed by atoms with van der Waals surface area (Å²) in [5.74, 6) is -0.355. The number of benzene rings is 3. The van der Waals surface area contributed by atoms with E-state index in [9.17, 15) is 14.0 Å². The van der Waals surface area contributed by atoms with Gasteiger partial charge in [0, 0.05) is 15.8 Å². The number of thiophene rings is 1. The standard InChI is InChI=1S/C23H15ClFNO4S/c24-21-18-11-6-14(25)12-19(18)31-22(21)23(28)29-13-20(27)26-15-7-9-17(10-8-15)30-16-4-2-1-3-5-16/h1-12H,13H2,(H,26,27). The SMILES string of the molecule is O=C(COC(=O)c1sc2cc(F)ccc2c1Cl)Nc1ccc(Oc2ccccc2)cc1. The molecule has 1 amide bonds. The van der Waals surface area contributed by atoms with Gasteiger partial charge in [0.2, 0.25) is 0 Å². The molecular weight excluding hydrogens is 441 g/mol. The Morgan fingerprint density at radius 1 is 0.968 bits per heavy atom. The monoisotopic (exact) mass is 455 g/mol. The number of fused-ring (bicyclic) bond motifs is 1. The van der Waals surface area contributed by atoms with Gasteiger partial charge >= 0.3 is 5.97 Å². The predicted molar refractivity (Wildman–Crippen MR) is 119 cm³/mol. The molecule has 4 rings (SSSR count). The van der Waals surface area contributed by atoms with Crippen LogP contribution < -0.4 is 10.1 Å². The Morgan fingerprint density at radius 2 is 1.68 bits per heavy atom. The second-order valence-electron chi connectivity index (χ2n) is 6.45. The molecule has 0 saturated heterocycles. The maximum Gasteiger partial charge on any atom is 0.350 e. The second-order valence-corrected chi connectivity index (χ2v) is 7.88. The second kappa shape index (κ2) is 9.16. The zero-order chi connectivity index (χ0) is 21.8. The first-order valence-corrected chi connectivity index (χ1v) is 10.4. The molecule has 1 N–H and O–H groups in total. The molecule has 0 atom stereocenters. The van der Waals surface area contributed by atoms with Gasteiger partial charge in [-0.15, -0.1) is 11.3 Å². The zero-order valence-corrected chi connectivity index (χ0v) is 17.5. The van der Waals surface area contributed by atoms with Crippen LogP contribution in [0.15, 0.2) is 72.8 Å². The van der Waals surface area contributed by atoms with E-state index in [4.69, 9.17) is 21.1 Å². The first kappa shape index (κ1) is 20.8. The van der Waals surface area contributed by atoms with Gasteiger partial charge in [-0.1, -0.05) is 29.8 Å². The number of esters is 1. The maximum absolute atomic E-state index is 13.4. The van der Waals surface area contributed by atoms with Gasteiger partial charge in [-0.05, 0) is 54.6 Å². The molecule has 1 heterocycles. The van der Waals surface area contributed by atoms with Crippen LogP contribution in [0.1, 0.15) is 9.67 Å². The van der Waals surface area contributed by atoms with E-state index >= 15 is 0 Å². The Hall–Kier alpha value is -3.42. The summed E-state index contributed by atoms with van der Waals surface area (Å²) in [5, 5.41) is 3.38. The molecule has 5 nitrogen and oxygen atoms in total. The molecule has 156 valence electrons. The number of anilines is 1. The maximum atomic E-state index is 13.4. The number of amides is 1. The third-order valence-electron chi connectivity index (χ3n) is 4.23. The average Bonchev–Trinajstić information content (AvgIpc) is 3.10. The fourth-order valence-corrected chi connectivity index (χ4v) is 4.22. The van der Waals surface area contributed by atoms with Crippen LogP contribution in [0.5, 0.6) is 11.5 Å². The first-order valence-electron chi connectivity index (χ1n) is 9.17. The lowest BCUT2D eigenvalue weighted by Gasteiger charge is -2.08. The fourth-order valence-electron chi connectivity index (χ4n) is 2.79. The lowest BCUT2D eigenvalue weighted by Crippen LogP contribution is -2.20. The molecule has 0 spiro atoms. The molecule has 0 aliphatic heterocycles. The Labute approximate surface area is 186 Å². The van der Waals surface area contributed by atoms with Gasteiger partial charge < -0.3 is 14.8 Å². The Balaban J connectivity index is 1.33. The summed E-state index contributed by atoms with van der Waals surface area (Å²) in [7, 11) is 0. The summed E-state index contributed by atoms with van der Waals surface area (Å²) in [5.41, 5.74) is 0.525. The lowest BCUT2D eigenvalue weighted by atomic mass is 10.2. The summed E-state index contributed by atoms with van der Waals surface area (Å²) < 4.78 is 24.6. The minimum Gasteiger partial charge on any atom is -0.457 e. The van der Waals surface area contributed by atoms with E-state index in [1.807, 2.05) is 30.3 Å². The largest absolute Gasteiger partial charge is 0.457 e. The van der Waals surface area contributed by atoms with Gasteiger partial charge in [-0.25, -0.2) is 9.18 Å². The van der Waals surface area contributed by atoms with E-state index < -0.39 is 24.3 Å². The van der Waals surface area contributed by atoms with Crippen molar-refractivity contribution in [2.75, 3.05) is 11.9 Å². The highest BCUT2D eigenvalue weighted by atomic mass is 35.5. The van der Waals surface area contributed by atoms with Crippen molar-refractivity contribution in [1.29, 1.82) is 0 Å². The molecule has 3 aromatic carbocycles. The Kier molecular flexibility index (Phi) is 6.16. The van der Waals surface area contributed by atoms with E-state index in [1.165, 1.54) is 18.2 Å². The lowest BCUT2D eigenvalue weighted by molar-refractivity contribution is -0.119. The third-order valence-corrected chi connectivity index (χ3v) is 5.87. The van der Waals surface area contributed by atoms with Crippen molar-refractivity contribution in [3.8, 4) is 11.5 Å². The van der Waals surface area contributed by atoms with Gasteiger partial charge in [0.05, 0.1) is 5.02 Å². The van der Waals surface area contributed by atoms with Gasteiger partial charge in [0.25, 0.3) is 5.91 Å². The van der Waals surface area contributed by atoms with E-state index in [-0.39, 0.29) is 9.90 Å². The Bertz CT molecular complexity index is 1240. The molecule has 0 saturated carbocycles. The third kappa shape index (κ3) is 5.02. The molecule has 31 heavy (non-hydrogen) atoms. The zero-order valence-electron chi connectivity index (χ0n) is 15.9.